The minimum atomic E-state index is -4.11. The fourth-order valence-electron chi connectivity index (χ4n) is 4.25. The van der Waals surface area contributed by atoms with Gasteiger partial charge in [-0.2, -0.15) is 0 Å². The third kappa shape index (κ3) is 7.61. The molecule has 208 valence electrons. The molecular formula is C30H36ClN3O4S. The van der Waals surface area contributed by atoms with Crippen molar-refractivity contribution in [3.8, 4) is 0 Å². The second kappa shape index (κ2) is 13.1. The molecule has 0 aliphatic carbocycles. The summed E-state index contributed by atoms with van der Waals surface area (Å²) in [6, 6.07) is 18.1. The van der Waals surface area contributed by atoms with E-state index in [2.05, 4.69) is 5.32 Å². The predicted molar refractivity (Wildman–Crippen MR) is 156 cm³/mol. The number of carbonyl (C=O) groups excluding carboxylic acids is 2. The van der Waals surface area contributed by atoms with Crippen molar-refractivity contribution in [1.29, 1.82) is 0 Å². The molecule has 0 spiro atoms. The number of aryl methyl sites for hydroxylation is 3. The molecule has 0 aromatic heterocycles. The number of hydrogen-bond acceptors (Lipinski definition) is 4. The molecule has 1 atom stereocenters. The van der Waals surface area contributed by atoms with Gasteiger partial charge in [-0.05, 0) is 81.1 Å². The Hall–Kier alpha value is -3.36. The minimum Gasteiger partial charge on any atom is -0.354 e. The zero-order valence-corrected chi connectivity index (χ0v) is 24.6. The van der Waals surface area contributed by atoms with Crippen LogP contribution in [0, 0.1) is 20.8 Å². The average Bonchev–Trinajstić information content (AvgIpc) is 2.89. The van der Waals surface area contributed by atoms with Crippen LogP contribution in [0.2, 0.25) is 5.02 Å². The van der Waals surface area contributed by atoms with E-state index < -0.39 is 28.5 Å². The minimum absolute atomic E-state index is 0.0461. The van der Waals surface area contributed by atoms with E-state index in [0.29, 0.717) is 22.8 Å². The number of sulfonamides is 1. The number of amides is 2. The van der Waals surface area contributed by atoms with Gasteiger partial charge in [0, 0.05) is 18.1 Å². The highest BCUT2D eigenvalue weighted by atomic mass is 35.5. The van der Waals surface area contributed by atoms with Crippen LogP contribution in [0.4, 0.5) is 5.69 Å². The summed E-state index contributed by atoms with van der Waals surface area (Å²) in [5.41, 5.74) is 3.67. The van der Waals surface area contributed by atoms with Crippen LogP contribution < -0.4 is 9.62 Å². The molecule has 0 aliphatic rings. The molecule has 3 rings (SSSR count). The van der Waals surface area contributed by atoms with E-state index in [1.165, 1.54) is 17.0 Å². The van der Waals surface area contributed by atoms with Gasteiger partial charge in [0.2, 0.25) is 11.8 Å². The summed E-state index contributed by atoms with van der Waals surface area (Å²) in [5.74, 6) is -0.847. The summed E-state index contributed by atoms with van der Waals surface area (Å²) in [5, 5.41) is 3.29. The standard InChI is InChI=1S/C30H36ClN3O4S/c1-6-15-32-30(36)24(5)33(19-25-9-7-8-10-28(25)31)29(35)20-34(26-17-22(3)16-23(4)18-26)39(37,38)27-13-11-21(2)12-14-27/h7-14,16-18,24H,6,15,19-20H2,1-5H3,(H,32,36)/t24-/m0/s1. The number of rotatable bonds is 11. The molecular weight excluding hydrogens is 534 g/mol. The molecule has 2 amide bonds. The molecule has 0 unspecified atom stereocenters. The smallest absolute Gasteiger partial charge is 0.264 e. The number of hydrogen-bond donors (Lipinski definition) is 1. The molecule has 0 saturated heterocycles. The first-order valence-electron chi connectivity index (χ1n) is 12.9. The SMILES string of the molecule is CCCNC(=O)[C@H](C)N(Cc1ccccc1Cl)C(=O)CN(c1cc(C)cc(C)c1)S(=O)(=O)c1ccc(C)cc1. The second-order valence-electron chi connectivity index (χ2n) is 9.75. The molecule has 0 aliphatic heterocycles. The van der Waals surface area contributed by atoms with Gasteiger partial charge < -0.3 is 10.2 Å². The van der Waals surface area contributed by atoms with E-state index in [9.17, 15) is 18.0 Å². The third-order valence-corrected chi connectivity index (χ3v) is 8.55. The lowest BCUT2D eigenvalue weighted by atomic mass is 10.1. The highest BCUT2D eigenvalue weighted by molar-refractivity contribution is 7.92. The van der Waals surface area contributed by atoms with Crippen molar-refractivity contribution in [2.24, 2.45) is 0 Å². The number of halogens is 1. The zero-order chi connectivity index (χ0) is 28.7. The van der Waals surface area contributed by atoms with Gasteiger partial charge in [-0.15, -0.1) is 0 Å². The molecule has 0 saturated carbocycles. The molecule has 1 N–H and O–H groups in total. The number of nitrogens with one attached hydrogen (secondary N) is 1. The van der Waals surface area contributed by atoms with Crippen molar-refractivity contribution in [3.63, 3.8) is 0 Å². The van der Waals surface area contributed by atoms with Crippen LogP contribution in [0.5, 0.6) is 0 Å². The van der Waals surface area contributed by atoms with Gasteiger partial charge in [-0.25, -0.2) is 8.42 Å². The van der Waals surface area contributed by atoms with Crippen LogP contribution in [0.3, 0.4) is 0 Å². The first-order chi connectivity index (χ1) is 18.4. The van der Waals surface area contributed by atoms with Gasteiger partial charge in [0.1, 0.15) is 12.6 Å². The highest BCUT2D eigenvalue weighted by Crippen LogP contribution is 2.27. The van der Waals surface area contributed by atoms with Crippen molar-refractivity contribution < 1.29 is 18.0 Å². The van der Waals surface area contributed by atoms with Crippen molar-refractivity contribution >= 4 is 39.1 Å². The summed E-state index contributed by atoms with van der Waals surface area (Å²) < 4.78 is 29.0. The summed E-state index contributed by atoms with van der Waals surface area (Å²) in [7, 11) is -4.11. The molecule has 9 heteroatoms. The van der Waals surface area contributed by atoms with Crippen LogP contribution in [0.25, 0.3) is 0 Å². The summed E-state index contributed by atoms with van der Waals surface area (Å²) >= 11 is 6.40. The fraction of sp³-hybridized carbons (Fsp3) is 0.333. The maximum atomic E-state index is 14.0. The molecule has 0 heterocycles. The molecule has 0 radical (unpaired) electrons. The van der Waals surface area contributed by atoms with Gasteiger partial charge >= 0.3 is 0 Å². The summed E-state index contributed by atoms with van der Waals surface area (Å²) in [4.78, 5) is 28.4. The molecule has 39 heavy (non-hydrogen) atoms. The number of carbonyl (C=O) groups is 2. The molecule has 7 nitrogen and oxygen atoms in total. The van der Waals surface area contributed by atoms with Crippen molar-refractivity contribution in [2.75, 3.05) is 17.4 Å². The maximum Gasteiger partial charge on any atom is 0.264 e. The van der Waals surface area contributed by atoms with Crippen molar-refractivity contribution in [1.82, 2.24) is 10.2 Å². The molecule has 0 bridgehead atoms. The van der Waals surface area contributed by atoms with E-state index in [0.717, 1.165) is 27.4 Å². The van der Waals surface area contributed by atoms with Crippen LogP contribution in [-0.2, 0) is 26.2 Å². The summed E-state index contributed by atoms with van der Waals surface area (Å²) in [6.45, 7) is 9.22. The second-order valence-corrected chi connectivity index (χ2v) is 12.0. The topological polar surface area (TPSA) is 86.8 Å². The van der Waals surface area contributed by atoms with Gasteiger partial charge in [0.15, 0.2) is 0 Å². The molecule has 0 fully saturated rings. The maximum absolute atomic E-state index is 14.0. The van der Waals surface area contributed by atoms with Gasteiger partial charge in [0.25, 0.3) is 10.0 Å². The Labute approximate surface area is 236 Å². The van der Waals surface area contributed by atoms with E-state index in [4.69, 9.17) is 11.6 Å². The predicted octanol–water partition coefficient (Wildman–Crippen LogP) is 5.40. The zero-order valence-electron chi connectivity index (χ0n) is 23.1. The van der Waals surface area contributed by atoms with E-state index >= 15 is 0 Å². The summed E-state index contributed by atoms with van der Waals surface area (Å²) in [6.07, 6.45) is 0.742. The monoisotopic (exact) mass is 569 g/mol. The normalized spacial score (nSPS) is 12.1. The highest BCUT2D eigenvalue weighted by Gasteiger charge is 2.33. The lowest BCUT2D eigenvalue weighted by Crippen LogP contribution is -2.51. The van der Waals surface area contributed by atoms with Crippen molar-refractivity contribution in [2.45, 2.75) is 58.5 Å². The van der Waals surface area contributed by atoms with Gasteiger partial charge in [0.05, 0.1) is 10.6 Å². The van der Waals surface area contributed by atoms with Gasteiger partial charge in [-0.3, -0.25) is 13.9 Å². The Bertz CT molecular complexity index is 1400. The van der Waals surface area contributed by atoms with E-state index in [1.54, 1.807) is 55.5 Å². The number of benzene rings is 3. The first-order valence-corrected chi connectivity index (χ1v) is 14.7. The number of nitrogens with zero attached hydrogens (tertiary/aromatic N) is 2. The molecule has 3 aromatic carbocycles. The Morgan fingerprint density at radius 3 is 2.13 bits per heavy atom. The Morgan fingerprint density at radius 1 is 0.923 bits per heavy atom. The Morgan fingerprint density at radius 2 is 1.54 bits per heavy atom. The van der Waals surface area contributed by atoms with E-state index in [1.807, 2.05) is 33.8 Å². The lowest BCUT2D eigenvalue weighted by Gasteiger charge is -2.32. The Kier molecular flexibility index (Phi) is 10.2. The Balaban J connectivity index is 2.06. The van der Waals surface area contributed by atoms with Crippen LogP contribution in [0.15, 0.2) is 71.6 Å². The first kappa shape index (κ1) is 30.2. The van der Waals surface area contributed by atoms with Gasteiger partial charge in [-0.1, -0.05) is 60.5 Å². The van der Waals surface area contributed by atoms with Crippen LogP contribution in [-0.4, -0.2) is 44.3 Å². The van der Waals surface area contributed by atoms with Crippen molar-refractivity contribution in [3.05, 3.63) is 94.0 Å². The number of anilines is 1. The van der Waals surface area contributed by atoms with Crippen LogP contribution in [0.1, 0.15) is 42.5 Å². The quantitative estimate of drug-likeness (QED) is 0.335. The largest absolute Gasteiger partial charge is 0.354 e. The lowest BCUT2D eigenvalue weighted by molar-refractivity contribution is -0.139. The molecule has 3 aromatic rings. The van der Waals surface area contributed by atoms with E-state index in [-0.39, 0.29) is 17.3 Å². The fourth-order valence-corrected chi connectivity index (χ4v) is 5.84. The van der Waals surface area contributed by atoms with Crippen LogP contribution >= 0.6 is 11.6 Å². The average molecular weight is 570 g/mol. The third-order valence-electron chi connectivity index (χ3n) is 6.40.